The fraction of sp³-hybridized carbons (Fsp3) is 0.895. The van der Waals surface area contributed by atoms with E-state index in [1.807, 2.05) is 0 Å². The van der Waals surface area contributed by atoms with Crippen LogP contribution >= 0.6 is 0 Å². The smallest absolute Gasteiger partial charge is 0.239 e. The van der Waals surface area contributed by atoms with Gasteiger partial charge in [0.25, 0.3) is 0 Å². The molecule has 4 N–H and O–H groups in total. The first-order chi connectivity index (χ1) is 11.7. The molecule has 1 rings (SSSR count). The molecule has 0 aliphatic carbocycles. The van der Waals surface area contributed by atoms with Crippen LogP contribution in [0.5, 0.6) is 0 Å². The Balaban J connectivity index is 1.78. The summed E-state index contributed by atoms with van der Waals surface area (Å²) in [6.45, 7) is 2.23. The maximum atomic E-state index is 9.92. The number of hydrogen-bond donors (Lipinski definition) is 3. The number of nitrogen functional groups attached to an aromatic ring is 1. The van der Waals surface area contributed by atoms with Crippen molar-refractivity contribution >= 4 is 5.95 Å². The maximum Gasteiger partial charge on any atom is 0.239 e. The summed E-state index contributed by atoms with van der Waals surface area (Å²) in [6, 6.07) is 0. The van der Waals surface area contributed by atoms with Crippen molar-refractivity contribution in [2.24, 2.45) is 0 Å². The summed E-state index contributed by atoms with van der Waals surface area (Å²) in [5, 5.41) is 16.6. The van der Waals surface area contributed by atoms with Crippen molar-refractivity contribution in [2.45, 2.75) is 109 Å². The van der Waals surface area contributed by atoms with Gasteiger partial charge in [-0.3, -0.25) is 5.10 Å². The molecular formula is C19H38N4O. The summed E-state index contributed by atoms with van der Waals surface area (Å²) in [7, 11) is 0. The minimum atomic E-state index is -0.0630. The Labute approximate surface area is 147 Å². The zero-order valence-corrected chi connectivity index (χ0v) is 15.6. The summed E-state index contributed by atoms with van der Waals surface area (Å²) in [5.74, 6) is 1.25. The largest absolute Gasteiger partial charge is 0.393 e. The number of nitrogens with one attached hydrogen (secondary N) is 1. The number of hydrogen-bond acceptors (Lipinski definition) is 4. The van der Waals surface area contributed by atoms with Crippen molar-refractivity contribution in [1.29, 1.82) is 0 Å². The van der Waals surface area contributed by atoms with E-state index in [1.54, 1.807) is 0 Å². The number of unbranched alkanes of at least 4 members (excludes halogenated alkanes) is 10. The van der Waals surface area contributed by atoms with Crippen LogP contribution in [-0.4, -0.2) is 26.4 Å². The number of aromatic amines is 1. The fourth-order valence-electron chi connectivity index (χ4n) is 3.11. The fourth-order valence-corrected chi connectivity index (χ4v) is 3.11. The Morgan fingerprint density at radius 3 is 1.96 bits per heavy atom. The maximum absolute atomic E-state index is 9.92. The average molecular weight is 339 g/mol. The van der Waals surface area contributed by atoms with Crippen LogP contribution < -0.4 is 5.73 Å². The highest BCUT2D eigenvalue weighted by molar-refractivity contribution is 5.12. The molecule has 0 amide bonds. The summed E-state index contributed by atoms with van der Waals surface area (Å²) < 4.78 is 0. The first kappa shape index (κ1) is 20.9. The first-order valence-electron chi connectivity index (χ1n) is 10.1. The number of aliphatic hydroxyl groups is 1. The Bertz CT molecular complexity index is 394. The molecule has 140 valence electrons. The molecule has 24 heavy (non-hydrogen) atoms. The number of rotatable bonds is 16. The third-order valence-corrected chi connectivity index (χ3v) is 4.64. The highest BCUT2D eigenvalue weighted by atomic mass is 16.3. The van der Waals surface area contributed by atoms with E-state index < -0.39 is 0 Å². The molecule has 1 heterocycles. The van der Waals surface area contributed by atoms with Crippen LogP contribution in [0.4, 0.5) is 5.95 Å². The zero-order chi connectivity index (χ0) is 17.5. The molecule has 0 saturated heterocycles. The Kier molecular flexibility index (Phi) is 12.4. The topological polar surface area (TPSA) is 87.8 Å². The molecule has 0 bridgehead atoms. The van der Waals surface area contributed by atoms with Crippen molar-refractivity contribution < 1.29 is 5.11 Å². The van der Waals surface area contributed by atoms with Gasteiger partial charge in [0.1, 0.15) is 5.82 Å². The van der Waals surface area contributed by atoms with Gasteiger partial charge in [-0.25, -0.2) is 0 Å². The molecule has 0 aliphatic rings. The van der Waals surface area contributed by atoms with Gasteiger partial charge in [-0.15, -0.1) is 5.10 Å². The number of aromatic nitrogens is 3. The van der Waals surface area contributed by atoms with Crippen molar-refractivity contribution in [1.82, 2.24) is 15.2 Å². The first-order valence-corrected chi connectivity index (χ1v) is 10.1. The van der Waals surface area contributed by atoms with Crippen molar-refractivity contribution in [3.8, 4) is 0 Å². The van der Waals surface area contributed by atoms with Gasteiger partial charge in [0.05, 0.1) is 6.10 Å². The van der Waals surface area contributed by atoms with Crippen LogP contribution in [0.15, 0.2) is 0 Å². The number of aliphatic hydroxyl groups excluding tert-OH is 1. The minimum Gasteiger partial charge on any atom is -0.393 e. The predicted molar refractivity (Wildman–Crippen MR) is 101 cm³/mol. The monoisotopic (exact) mass is 338 g/mol. The lowest BCUT2D eigenvalue weighted by molar-refractivity contribution is 0.147. The molecule has 5 nitrogen and oxygen atoms in total. The van der Waals surface area contributed by atoms with E-state index in [0.717, 1.165) is 31.5 Å². The van der Waals surface area contributed by atoms with Crippen LogP contribution in [-0.2, 0) is 6.42 Å². The highest BCUT2D eigenvalue weighted by Gasteiger charge is 2.03. The van der Waals surface area contributed by atoms with Gasteiger partial charge in [-0.1, -0.05) is 77.6 Å². The molecule has 1 aromatic rings. The lowest BCUT2D eigenvalue weighted by Crippen LogP contribution is -2.05. The molecule has 0 radical (unpaired) electrons. The van der Waals surface area contributed by atoms with Crippen LogP contribution in [0.1, 0.15) is 103 Å². The second-order valence-corrected chi connectivity index (χ2v) is 7.01. The van der Waals surface area contributed by atoms with Crippen molar-refractivity contribution in [2.75, 3.05) is 5.73 Å². The molecule has 0 saturated carbocycles. The number of nitrogens with two attached hydrogens (primary N) is 1. The van der Waals surface area contributed by atoms with Crippen molar-refractivity contribution in [3.63, 3.8) is 0 Å². The standard InChI is InChI=1S/C19H38N4O/c1-2-3-4-11-14-17(24)15-12-9-7-5-6-8-10-13-16-18-21-19(20)23-22-18/h17,24H,2-16H2,1H3,(H3,20,21,22,23). The summed E-state index contributed by atoms with van der Waals surface area (Å²) in [4.78, 5) is 4.11. The third kappa shape index (κ3) is 11.4. The number of anilines is 1. The highest BCUT2D eigenvalue weighted by Crippen LogP contribution is 2.14. The summed E-state index contributed by atoms with van der Waals surface area (Å²) >= 11 is 0. The quantitative estimate of drug-likeness (QED) is 0.379. The molecule has 1 unspecified atom stereocenters. The van der Waals surface area contributed by atoms with Crippen LogP contribution in [0.3, 0.4) is 0 Å². The zero-order valence-electron chi connectivity index (χ0n) is 15.6. The van der Waals surface area contributed by atoms with E-state index >= 15 is 0 Å². The van der Waals surface area contributed by atoms with Gasteiger partial charge in [0.15, 0.2) is 0 Å². The summed E-state index contributed by atoms with van der Waals surface area (Å²) in [6.07, 6.45) is 18.0. The Morgan fingerprint density at radius 1 is 0.875 bits per heavy atom. The molecule has 1 aromatic heterocycles. The molecule has 0 aliphatic heterocycles. The number of nitrogens with zero attached hydrogens (tertiary/aromatic N) is 2. The van der Waals surface area contributed by atoms with E-state index in [0.29, 0.717) is 5.95 Å². The van der Waals surface area contributed by atoms with E-state index in [4.69, 9.17) is 5.73 Å². The molecule has 1 atom stereocenters. The van der Waals surface area contributed by atoms with E-state index in [2.05, 4.69) is 22.1 Å². The number of H-pyrrole nitrogens is 1. The second-order valence-electron chi connectivity index (χ2n) is 7.01. The lowest BCUT2D eigenvalue weighted by atomic mass is 10.0. The predicted octanol–water partition coefficient (Wildman–Crippen LogP) is 4.77. The summed E-state index contributed by atoms with van der Waals surface area (Å²) in [5.41, 5.74) is 5.47. The SMILES string of the molecule is CCCCCCC(O)CCCCCCCCCCc1nc(N)n[nH]1. The molecule has 5 heteroatoms. The van der Waals surface area contributed by atoms with Crippen LogP contribution in [0.25, 0.3) is 0 Å². The van der Waals surface area contributed by atoms with E-state index in [1.165, 1.54) is 70.6 Å². The average Bonchev–Trinajstić information content (AvgIpc) is 2.98. The van der Waals surface area contributed by atoms with E-state index in [9.17, 15) is 5.11 Å². The van der Waals surface area contributed by atoms with Gasteiger partial charge in [0, 0.05) is 6.42 Å². The Morgan fingerprint density at radius 2 is 1.42 bits per heavy atom. The molecular weight excluding hydrogens is 300 g/mol. The lowest BCUT2D eigenvalue weighted by Gasteiger charge is -2.10. The van der Waals surface area contributed by atoms with E-state index in [-0.39, 0.29) is 6.10 Å². The van der Waals surface area contributed by atoms with Crippen LogP contribution in [0.2, 0.25) is 0 Å². The second kappa shape index (κ2) is 14.3. The van der Waals surface area contributed by atoms with Gasteiger partial charge in [-0.2, -0.15) is 4.98 Å². The van der Waals surface area contributed by atoms with Crippen molar-refractivity contribution in [3.05, 3.63) is 5.82 Å². The molecule has 0 spiro atoms. The number of aryl methyl sites for hydroxylation is 1. The molecule has 0 aromatic carbocycles. The normalized spacial score (nSPS) is 12.6. The van der Waals surface area contributed by atoms with Gasteiger partial charge in [0.2, 0.25) is 5.95 Å². The molecule has 0 fully saturated rings. The van der Waals surface area contributed by atoms with Gasteiger partial charge >= 0.3 is 0 Å². The van der Waals surface area contributed by atoms with Gasteiger partial charge < -0.3 is 10.8 Å². The Hall–Kier alpha value is -1.10. The van der Waals surface area contributed by atoms with Gasteiger partial charge in [-0.05, 0) is 19.3 Å². The minimum absolute atomic E-state index is 0.0630. The van der Waals surface area contributed by atoms with Crippen LogP contribution in [0, 0.1) is 0 Å². The third-order valence-electron chi connectivity index (χ3n) is 4.64.